The number of ether oxygens (including phenoxy) is 1. The molecule has 0 radical (unpaired) electrons. The summed E-state index contributed by atoms with van der Waals surface area (Å²) < 4.78 is 177. The Morgan fingerprint density at radius 3 is 1.18 bits per heavy atom. The quantitative estimate of drug-likeness (QED) is 0.00668. The van der Waals surface area contributed by atoms with Gasteiger partial charge in [-0.25, -0.2) is 0 Å². The van der Waals surface area contributed by atoms with Crippen molar-refractivity contribution in [1.29, 1.82) is 0 Å². The number of phenolic OH excluding ortho intramolecular Hbond substituents is 2. The van der Waals surface area contributed by atoms with Gasteiger partial charge in [-0.3, -0.25) is 33.6 Å². The molecule has 0 aromatic heterocycles. The van der Waals surface area contributed by atoms with E-state index < -0.39 is 65.7 Å². The molecule has 9 N–H and O–H groups in total. The van der Waals surface area contributed by atoms with Crippen molar-refractivity contribution in [2.24, 2.45) is 5.73 Å². The van der Waals surface area contributed by atoms with Crippen LogP contribution in [0.15, 0.2) is 279 Å². The van der Waals surface area contributed by atoms with Crippen molar-refractivity contribution in [3.8, 4) is 50.6 Å². The summed E-state index contributed by atoms with van der Waals surface area (Å²) in [5.74, 6) is -0.742. The summed E-state index contributed by atoms with van der Waals surface area (Å²) in [6.45, 7) is 11.3. The Morgan fingerprint density at radius 1 is 0.447 bits per heavy atom. The Kier molecular flexibility index (Phi) is 40.7. The molecule has 11 aromatic carbocycles. The molecule has 11 aromatic rings. The van der Waals surface area contributed by atoms with Gasteiger partial charge in [0, 0.05) is 50.1 Å². The van der Waals surface area contributed by atoms with E-state index in [1.165, 1.54) is 36.4 Å². The van der Waals surface area contributed by atoms with Gasteiger partial charge in [0.2, 0.25) is 0 Å². The first-order valence-electron chi connectivity index (χ1n) is 34.8. The number of aldehydes is 6. The minimum Gasteiger partial charge on any atom is -0.508 e. The predicted molar refractivity (Wildman–Crippen MR) is 450 cm³/mol. The van der Waals surface area contributed by atoms with Crippen LogP contribution < -0.4 is 21.1 Å². The van der Waals surface area contributed by atoms with Crippen LogP contribution in [0, 0.1) is 0 Å². The summed E-state index contributed by atoms with van der Waals surface area (Å²) in [7, 11) is -20.8. The van der Waals surface area contributed by atoms with Crippen molar-refractivity contribution >= 4 is 126 Å². The summed E-state index contributed by atoms with van der Waals surface area (Å²) in [5, 5.41) is 44.0. The second-order valence-corrected chi connectivity index (χ2v) is 29.9. The Hall–Kier alpha value is -13.1. The fourth-order valence-corrected chi connectivity index (χ4v) is 12.1. The lowest BCUT2D eigenvalue weighted by Crippen LogP contribution is -2.34. The Labute approximate surface area is 708 Å². The molecule has 0 saturated carbocycles. The maximum Gasteiger partial charge on any atom is 0.534 e. The Morgan fingerprint density at radius 2 is 0.805 bits per heavy atom. The van der Waals surface area contributed by atoms with Crippen LogP contribution in [0.1, 0.15) is 106 Å². The summed E-state index contributed by atoms with van der Waals surface area (Å²) >= 11 is 3.12. The Balaban J connectivity index is 0.000000293. The zero-order chi connectivity index (χ0) is 91.9. The number of epoxide rings is 1. The van der Waals surface area contributed by atoms with Crippen molar-refractivity contribution in [3.05, 3.63) is 346 Å². The molecule has 0 aliphatic carbocycles. The number of amides is 1. The smallest absolute Gasteiger partial charge is 0.508 e. The van der Waals surface area contributed by atoms with E-state index in [0.29, 0.717) is 61.7 Å². The van der Waals surface area contributed by atoms with Crippen molar-refractivity contribution in [1.82, 2.24) is 0 Å². The first-order valence-corrected chi connectivity index (χ1v) is 39.8. The minimum absolute atomic E-state index is 0.0546. The predicted octanol–water partition coefficient (Wildman–Crippen LogP) is 16.4. The highest BCUT2D eigenvalue weighted by molar-refractivity contribution is 9.10. The van der Waals surface area contributed by atoms with Gasteiger partial charge in [0.05, 0.1) is 12.2 Å². The molecule has 1 unspecified atom stereocenters. The van der Waals surface area contributed by atoms with Gasteiger partial charge in [-0.15, -0.1) is 3.63 Å². The zero-order valence-corrected chi connectivity index (χ0v) is 67.8. The molecule has 23 nitrogen and oxygen atoms in total. The number of para-hydroxylation sites is 1. The lowest BCUT2D eigenvalue weighted by molar-refractivity contribution is -0.0586. The number of aliphatic hydroxyl groups is 1. The minimum atomic E-state index is -6.85. The fourth-order valence-electron chi connectivity index (χ4n) is 9.60. The van der Waals surface area contributed by atoms with Gasteiger partial charge in [-0.1, -0.05) is 214 Å². The molecule has 123 heavy (non-hydrogen) atoms. The van der Waals surface area contributed by atoms with Crippen molar-refractivity contribution in [2.45, 2.75) is 29.0 Å². The van der Waals surface area contributed by atoms with Crippen LogP contribution in [-0.4, -0.2) is 131 Å². The number of rotatable bonds is 21. The number of hydrogen-bond acceptors (Lipinski definition) is 22. The van der Waals surface area contributed by atoms with E-state index in [1.807, 2.05) is 131 Å². The molecule has 0 spiro atoms. The Bertz CT molecular complexity index is 5740. The van der Waals surface area contributed by atoms with Crippen LogP contribution in [0.2, 0.25) is 0 Å². The molecule has 37 heteroatoms. The third-order valence-corrected chi connectivity index (χ3v) is 20.0. The number of primary amides is 1. The molecule has 12 rings (SSSR count). The van der Waals surface area contributed by atoms with Gasteiger partial charge in [-0.05, 0) is 168 Å². The first kappa shape index (κ1) is 102. The number of phenols is 2. The van der Waals surface area contributed by atoms with Crippen LogP contribution in [-0.2, 0) is 45.1 Å². The average molecular weight is 1830 g/mol. The van der Waals surface area contributed by atoms with Gasteiger partial charge >= 0.3 is 54.0 Å². The molecule has 1 atom stereocenters. The van der Waals surface area contributed by atoms with Gasteiger partial charge in [0.25, 0.3) is 5.91 Å². The van der Waals surface area contributed by atoms with E-state index in [4.69, 9.17) is 41.6 Å². The summed E-state index contributed by atoms with van der Waals surface area (Å²) in [6.07, 6.45) is 9.54. The summed E-state index contributed by atoms with van der Waals surface area (Å²) in [5.41, 5.74) is 7.30. The number of nitrogens with two attached hydrogens (primary N) is 2. The van der Waals surface area contributed by atoms with E-state index in [9.17, 15) is 98.3 Å². The van der Waals surface area contributed by atoms with Crippen molar-refractivity contribution in [3.63, 3.8) is 0 Å². The van der Waals surface area contributed by atoms with Crippen LogP contribution >= 0.6 is 15.9 Å². The molecule has 1 aliphatic heterocycles. The number of carbonyl (C=O) groups excluding carboxylic acids is 7. The normalized spacial score (nSPS) is 11.7. The van der Waals surface area contributed by atoms with E-state index in [1.54, 1.807) is 72.8 Å². The highest BCUT2D eigenvalue weighted by Gasteiger charge is 2.57. The van der Waals surface area contributed by atoms with Crippen molar-refractivity contribution < 1.29 is 136 Å². The highest BCUT2D eigenvalue weighted by Crippen LogP contribution is 2.36. The zero-order valence-electron chi connectivity index (χ0n) is 63.8. The van der Waals surface area contributed by atoms with E-state index in [0.717, 1.165) is 112 Å². The van der Waals surface area contributed by atoms with Gasteiger partial charge in [0.15, 0.2) is 25.1 Å². The number of carbonyl (C=O) groups is 7. The number of benzene rings is 11. The number of alkyl halides is 9. The molecule has 0 bridgehead atoms. The van der Waals surface area contributed by atoms with Gasteiger partial charge in [-0.2, -0.15) is 64.8 Å². The molecular formula is C86H73BBrF9N2O21S3. The molecule has 1 saturated heterocycles. The SMILES string of the molecule is C=Cc1cc(-c2ccccc2)ccc1C=O.C=Cc1cc(O)ccc1C=O.C=Cc1cc(OS(=O)(=O)C(F)(F)F)ccc1C=O.NC(=O)c1ccccc1N.O=Cc1ccc(-c2ccccc2)cc1C1CO1.O=Cc1ccc(-c2ccccc2)cc1CCO.O=Cc1ccc(O)cc1Br.O=S(=O)(OS(=O)(=O)C(F)(F)F)C(F)(F)F.OB(O)c1ccccc1. The largest absolute Gasteiger partial charge is 0.534 e. The molecule has 1 amide bonds. The molecule has 1 fully saturated rings. The number of aromatic hydroxyl groups is 2. The molecular weight excluding hydrogens is 1750 g/mol. The molecule has 1 heterocycles. The van der Waals surface area contributed by atoms with E-state index >= 15 is 0 Å². The summed E-state index contributed by atoms with van der Waals surface area (Å²) in [4.78, 5) is 74.3. The van der Waals surface area contributed by atoms with Gasteiger partial charge in [0.1, 0.15) is 35.9 Å². The number of hydrogen-bond donors (Lipinski definition) is 7. The lowest BCUT2D eigenvalue weighted by atomic mass is 9.81. The van der Waals surface area contributed by atoms with Crippen LogP contribution in [0.3, 0.4) is 0 Å². The standard InChI is InChI=1S/C15H12O2.C15H14O2.C15H12O.C10H7F3O4S.C9H8O2.C7H5BrO2.C7H8N2O.C6H7BO2.C2F6O5S2/c16-9-13-7-6-12(8-14(13)15-10-17-15)11-4-2-1-3-5-11;16-9-8-14-10-13(6-7-15(14)11-17)12-4-2-1-3-5-12;1-2-12-10-14(8-9-15(12)11-16)13-6-4-3-5-7-13;1-2-7-5-9(4-3-8(7)6-14)17-18(15,16)10(11,12)13;1-2-7-5-9(11)4-3-8(7)6-10;8-7-3-6(10)2-1-5(7)4-9;8-6-4-2-1-3-5(6)7(9)10;8-7(9)6-4-2-1-3-5-6;3-1(4,5)14(9,10)13-15(11,12)2(6,7)8/h1-9,15H,10H2;1-7,10-11,16H,8-9H2;2-11H,1H2;2-6H,1H2;2-6,11H,1H2;1-4,10H;1-4H,8H2,(H2,9,10);1-5,8-9H;. The topological polar surface area (TPSA) is 406 Å². The van der Waals surface area contributed by atoms with Crippen LogP contribution in [0.4, 0.5) is 45.2 Å². The number of anilines is 1. The number of halogens is 10. The van der Waals surface area contributed by atoms with Crippen molar-refractivity contribution in [2.75, 3.05) is 18.9 Å². The average Bonchev–Trinajstić information content (AvgIpc) is 1.48. The summed E-state index contributed by atoms with van der Waals surface area (Å²) in [6, 6.07) is 75.0. The molecule has 1 aliphatic rings. The maximum atomic E-state index is 12.1. The highest BCUT2D eigenvalue weighted by atomic mass is 79.9. The number of aliphatic hydroxyl groups excluding tert-OH is 1. The monoisotopic (exact) mass is 1830 g/mol. The second kappa shape index (κ2) is 49.0. The van der Waals surface area contributed by atoms with Crippen LogP contribution in [0.25, 0.3) is 51.6 Å². The lowest BCUT2D eigenvalue weighted by Gasteiger charge is -2.10. The maximum absolute atomic E-state index is 12.1. The first-order chi connectivity index (χ1) is 58.0. The van der Waals surface area contributed by atoms with E-state index in [2.05, 4.69) is 58.0 Å². The van der Waals surface area contributed by atoms with E-state index in [-0.39, 0.29) is 35.3 Å². The third kappa shape index (κ3) is 33.1. The van der Waals surface area contributed by atoms with Crippen LogP contribution in [0.5, 0.6) is 17.2 Å². The van der Waals surface area contributed by atoms with Gasteiger partial charge < -0.3 is 45.8 Å². The fraction of sp³-hybridized carbons (Fsp3) is 0.0814. The molecule has 644 valence electrons. The third-order valence-electron chi connectivity index (χ3n) is 15.8. The number of nitrogen functional groups attached to an aromatic ring is 1. The second-order valence-electron chi connectivity index (χ2n) is 24.2.